The predicted molar refractivity (Wildman–Crippen MR) is 53.0 cm³/mol. The first-order chi connectivity index (χ1) is 5.62. The highest BCUT2D eigenvalue weighted by molar-refractivity contribution is 7.99. The lowest BCUT2D eigenvalue weighted by atomic mass is 9.90. The summed E-state index contributed by atoms with van der Waals surface area (Å²) < 4.78 is 0. The van der Waals surface area contributed by atoms with Crippen molar-refractivity contribution in [3.8, 4) is 6.07 Å². The van der Waals surface area contributed by atoms with E-state index >= 15 is 0 Å². The highest BCUT2D eigenvalue weighted by Gasteiger charge is 2.15. The molecule has 0 spiro atoms. The molecule has 12 heavy (non-hydrogen) atoms. The van der Waals surface area contributed by atoms with Crippen molar-refractivity contribution in [1.82, 2.24) is 0 Å². The predicted octanol–water partition coefficient (Wildman–Crippen LogP) is 2.04. The number of nitriles is 1. The number of hydrogen-bond acceptors (Lipinski definition) is 3. The third kappa shape index (κ3) is 6.51. The van der Waals surface area contributed by atoms with Gasteiger partial charge in [-0.25, -0.2) is 0 Å². The highest BCUT2D eigenvalue weighted by Crippen LogP contribution is 2.21. The number of nitrogens with zero attached hydrogens (tertiary/aromatic N) is 1. The van der Waals surface area contributed by atoms with Gasteiger partial charge in [0, 0.05) is 5.75 Å². The number of aliphatic hydroxyl groups is 1. The molecule has 0 saturated carbocycles. The Kier molecular flexibility index (Phi) is 6.23. The van der Waals surface area contributed by atoms with E-state index in [-0.39, 0.29) is 12.0 Å². The summed E-state index contributed by atoms with van der Waals surface area (Å²) in [6.45, 7) is 4.18. The van der Waals surface area contributed by atoms with E-state index in [1.54, 1.807) is 11.8 Å². The molecule has 0 aromatic heterocycles. The first kappa shape index (κ1) is 11.8. The van der Waals surface area contributed by atoms with Crippen LogP contribution in [-0.2, 0) is 0 Å². The van der Waals surface area contributed by atoms with E-state index in [2.05, 4.69) is 6.07 Å². The maximum atomic E-state index is 8.70. The molecule has 0 fully saturated rings. The topological polar surface area (TPSA) is 44.0 Å². The summed E-state index contributed by atoms with van der Waals surface area (Å²) in [4.78, 5) is 0. The largest absolute Gasteiger partial charge is 0.396 e. The molecule has 0 heterocycles. The van der Waals surface area contributed by atoms with E-state index in [9.17, 15) is 0 Å². The lowest BCUT2D eigenvalue weighted by Crippen LogP contribution is -2.07. The molecule has 0 atom stereocenters. The number of aliphatic hydroxyl groups excluding tert-OH is 1. The molecule has 0 amide bonds. The standard InChI is InChI=1S/C9H17NOS/c1-9(2,8-10)4-3-6-12-7-5-11/h11H,3-7H2,1-2H3. The summed E-state index contributed by atoms with van der Waals surface area (Å²) in [5.74, 6) is 1.86. The summed E-state index contributed by atoms with van der Waals surface area (Å²) in [6.07, 6.45) is 2.01. The van der Waals surface area contributed by atoms with Crippen LogP contribution < -0.4 is 0 Å². The zero-order valence-corrected chi connectivity index (χ0v) is 8.65. The third-order valence-corrected chi connectivity index (χ3v) is 2.68. The number of hydrogen-bond donors (Lipinski definition) is 1. The lowest BCUT2D eigenvalue weighted by Gasteiger charge is -2.13. The molecular weight excluding hydrogens is 170 g/mol. The van der Waals surface area contributed by atoms with Crippen molar-refractivity contribution in [2.75, 3.05) is 18.1 Å². The van der Waals surface area contributed by atoms with Crippen LogP contribution in [0.2, 0.25) is 0 Å². The summed E-state index contributed by atoms with van der Waals surface area (Å²) >= 11 is 1.75. The smallest absolute Gasteiger partial charge is 0.0683 e. The molecule has 70 valence electrons. The minimum absolute atomic E-state index is 0.181. The third-order valence-electron chi connectivity index (χ3n) is 1.63. The van der Waals surface area contributed by atoms with Crippen molar-refractivity contribution >= 4 is 11.8 Å². The summed E-state index contributed by atoms with van der Waals surface area (Å²) in [6, 6.07) is 2.27. The first-order valence-electron chi connectivity index (χ1n) is 4.22. The second-order valence-corrected chi connectivity index (χ2v) is 4.66. The molecule has 0 bridgehead atoms. The fourth-order valence-corrected chi connectivity index (χ4v) is 1.52. The van der Waals surface area contributed by atoms with Gasteiger partial charge in [0.1, 0.15) is 0 Å². The fourth-order valence-electron chi connectivity index (χ4n) is 0.839. The fraction of sp³-hybridized carbons (Fsp3) is 0.889. The van der Waals surface area contributed by atoms with E-state index in [0.29, 0.717) is 0 Å². The van der Waals surface area contributed by atoms with Crippen molar-refractivity contribution in [3.05, 3.63) is 0 Å². The molecule has 0 aliphatic carbocycles. The van der Waals surface area contributed by atoms with Crippen LogP contribution in [0.3, 0.4) is 0 Å². The van der Waals surface area contributed by atoms with Crippen LogP contribution in [0.15, 0.2) is 0 Å². The van der Waals surface area contributed by atoms with Gasteiger partial charge in [-0.3, -0.25) is 0 Å². The molecule has 0 rings (SSSR count). The first-order valence-corrected chi connectivity index (χ1v) is 5.38. The molecule has 0 aliphatic rings. The molecule has 0 unspecified atom stereocenters. The summed E-state index contributed by atoms with van der Waals surface area (Å²) in [7, 11) is 0. The molecule has 0 aromatic carbocycles. The Morgan fingerprint density at radius 1 is 1.42 bits per heavy atom. The number of thioether (sulfide) groups is 1. The van der Waals surface area contributed by atoms with Crippen molar-refractivity contribution in [2.24, 2.45) is 5.41 Å². The Bertz CT molecular complexity index is 151. The van der Waals surface area contributed by atoms with E-state index in [4.69, 9.17) is 10.4 Å². The van der Waals surface area contributed by atoms with Gasteiger partial charge in [0.25, 0.3) is 0 Å². The SMILES string of the molecule is CC(C)(C#N)CCCSCCO. The van der Waals surface area contributed by atoms with Gasteiger partial charge in [-0.05, 0) is 32.4 Å². The molecule has 0 aliphatic heterocycles. The van der Waals surface area contributed by atoms with Gasteiger partial charge in [0.05, 0.1) is 18.1 Å². The molecular formula is C9H17NOS. The van der Waals surface area contributed by atoms with Crippen LogP contribution in [0.5, 0.6) is 0 Å². The van der Waals surface area contributed by atoms with Crippen LogP contribution in [0.1, 0.15) is 26.7 Å². The second kappa shape index (κ2) is 6.33. The summed E-state index contributed by atoms with van der Waals surface area (Å²) in [5.41, 5.74) is -0.181. The van der Waals surface area contributed by atoms with Gasteiger partial charge in [0.2, 0.25) is 0 Å². The minimum atomic E-state index is -0.181. The van der Waals surface area contributed by atoms with Crippen molar-refractivity contribution in [2.45, 2.75) is 26.7 Å². The van der Waals surface area contributed by atoms with Crippen LogP contribution in [0.25, 0.3) is 0 Å². The molecule has 3 heteroatoms. The Hall–Kier alpha value is -0.200. The van der Waals surface area contributed by atoms with E-state index in [0.717, 1.165) is 24.3 Å². The minimum Gasteiger partial charge on any atom is -0.396 e. The van der Waals surface area contributed by atoms with Gasteiger partial charge >= 0.3 is 0 Å². The van der Waals surface area contributed by atoms with Crippen LogP contribution in [0.4, 0.5) is 0 Å². The monoisotopic (exact) mass is 187 g/mol. The lowest BCUT2D eigenvalue weighted by molar-refractivity contribution is 0.322. The van der Waals surface area contributed by atoms with E-state index < -0.39 is 0 Å². The van der Waals surface area contributed by atoms with Gasteiger partial charge in [-0.15, -0.1) is 0 Å². The van der Waals surface area contributed by atoms with E-state index in [1.807, 2.05) is 13.8 Å². The Balaban J connectivity index is 3.27. The van der Waals surface area contributed by atoms with Crippen molar-refractivity contribution in [1.29, 1.82) is 5.26 Å². The maximum Gasteiger partial charge on any atom is 0.0683 e. The Morgan fingerprint density at radius 2 is 2.08 bits per heavy atom. The van der Waals surface area contributed by atoms with Crippen LogP contribution >= 0.6 is 11.8 Å². The zero-order chi connectivity index (χ0) is 9.45. The van der Waals surface area contributed by atoms with E-state index in [1.165, 1.54) is 0 Å². The zero-order valence-electron chi connectivity index (χ0n) is 7.84. The highest BCUT2D eigenvalue weighted by atomic mass is 32.2. The van der Waals surface area contributed by atoms with Crippen molar-refractivity contribution in [3.63, 3.8) is 0 Å². The molecule has 1 N–H and O–H groups in total. The van der Waals surface area contributed by atoms with Crippen molar-refractivity contribution < 1.29 is 5.11 Å². The van der Waals surface area contributed by atoms with Gasteiger partial charge < -0.3 is 5.11 Å². The normalized spacial score (nSPS) is 11.2. The Labute approximate surface area is 79.0 Å². The van der Waals surface area contributed by atoms with Gasteiger partial charge in [-0.2, -0.15) is 17.0 Å². The summed E-state index contributed by atoms with van der Waals surface area (Å²) in [5, 5.41) is 17.2. The average molecular weight is 187 g/mol. The molecule has 0 radical (unpaired) electrons. The second-order valence-electron chi connectivity index (χ2n) is 3.44. The average Bonchev–Trinajstić information content (AvgIpc) is 2.04. The van der Waals surface area contributed by atoms with Gasteiger partial charge in [0.15, 0.2) is 0 Å². The number of rotatable bonds is 6. The van der Waals surface area contributed by atoms with Gasteiger partial charge in [-0.1, -0.05) is 0 Å². The Morgan fingerprint density at radius 3 is 2.58 bits per heavy atom. The quantitative estimate of drug-likeness (QED) is 0.647. The molecule has 0 aromatic rings. The molecule has 0 saturated heterocycles. The maximum absolute atomic E-state index is 8.70. The van der Waals surface area contributed by atoms with Crippen LogP contribution in [0, 0.1) is 16.7 Å². The van der Waals surface area contributed by atoms with Crippen LogP contribution in [-0.4, -0.2) is 23.2 Å². The molecule has 2 nitrogen and oxygen atoms in total.